The molecule has 3 aromatic carbocycles. The third-order valence-corrected chi connectivity index (χ3v) is 4.11. The third kappa shape index (κ3) is 6.58. The Kier molecular flexibility index (Phi) is 9.79. The summed E-state index contributed by atoms with van der Waals surface area (Å²) in [4.78, 5) is 0. The quantitative estimate of drug-likeness (QED) is 0.348. The van der Waals surface area contributed by atoms with Gasteiger partial charge in [0, 0.05) is 0 Å². The number of benzene rings is 3. The summed E-state index contributed by atoms with van der Waals surface area (Å²) in [6.45, 7) is 4.31. The van der Waals surface area contributed by atoms with E-state index >= 15 is 0 Å². The van der Waals surface area contributed by atoms with Crippen LogP contribution < -0.4 is 0 Å². The molecule has 0 saturated heterocycles. The number of aryl methyl sites for hydroxylation is 2. The molecule has 0 aliphatic rings. The zero-order chi connectivity index (χ0) is 19.5. The molecule has 0 saturated carbocycles. The Morgan fingerprint density at radius 3 is 1.22 bits per heavy atom. The fourth-order valence-corrected chi connectivity index (χ4v) is 2.75. The average molecular weight is 433 g/mol. The Labute approximate surface area is 179 Å². The molecular weight excluding hydrogens is 411 g/mol. The third-order valence-electron chi connectivity index (χ3n) is 4.11. The fraction of sp³-hybridized carbons (Fsp3) is 0.182. The predicted octanol–water partition coefficient (Wildman–Crippen LogP) is 8.86. The molecule has 0 bridgehead atoms. The Balaban J connectivity index is 0.000000817. The summed E-state index contributed by atoms with van der Waals surface area (Å²) < 4.78 is 0. The van der Waals surface area contributed by atoms with Crippen LogP contribution in [0, 0.1) is 0 Å². The van der Waals surface area contributed by atoms with Crippen molar-refractivity contribution in [2.75, 3.05) is 0 Å². The molecule has 0 amide bonds. The second kappa shape index (κ2) is 12.1. The van der Waals surface area contributed by atoms with E-state index in [2.05, 4.69) is 50.2 Å². The molecule has 0 aliphatic heterocycles. The number of hydrogen-bond acceptors (Lipinski definition) is 0. The van der Waals surface area contributed by atoms with E-state index in [0.717, 1.165) is 35.6 Å². The van der Waals surface area contributed by atoms with Crippen LogP contribution in [0.25, 0.3) is 10.6 Å². The van der Waals surface area contributed by atoms with Crippen LogP contribution in [-0.4, -0.2) is 0 Å². The minimum atomic E-state index is -0.556. The van der Waals surface area contributed by atoms with Crippen molar-refractivity contribution in [1.82, 2.24) is 0 Å². The van der Waals surface area contributed by atoms with E-state index in [-0.39, 0.29) is 0 Å². The van der Waals surface area contributed by atoms with Crippen LogP contribution in [0.1, 0.15) is 25.0 Å². The van der Waals surface area contributed by atoms with E-state index < -0.39 is 17.0 Å². The van der Waals surface area contributed by atoms with E-state index in [1.54, 1.807) is 0 Å². The summed E-state index contributed by atoms with van der Waals surface area (Å²) in [5, 5.41) is 9.74. The molecule has 0 atom stereocenters. The van der Waals surface area contributed by atoms with Crippen molar-refractivity contribution in [2.24, 2.45) is 0 Å². The molecular formula is C22H22Cl2N2Ti-2. The first-order valence-corrected chi connectivity index (χ1v) is 13.2. The number of rotatable bonds is 6. The van der Waals surface area contributed by atoms with Crippen LogP contribution in [0.3, 0.4) is 0 Å². The maximum atomic E-state index is 4.89. The molecule has 140 valence electrons. The molecule has 0 spiro atoms. The number of halogens is 2. The number of hydrogen-bond donors (Lipinski definition) is 0. The van der Waals surface area contributed by atoms with Crippen LogP contribution in [-0.2, 0) is 29.9 Å². The predicted molar refractivity (Wildman–Crippen MR) is 115 cm³/mol. The molecule has 0 unspecified atom stereocenters. The second-order valence-corrected chi connectivity index (χ2v) is 8.33. The van der Waals surface area contributed by atoms with E-state index in [4.69, 9.17) is 29.2 Å². The molecule has 0 fully saturated rings. The van der Waals surface area contributed by atoms with Crippen LogP contribution in [0.2, 0.25) is 0 Å². The second-order valence-electron chi connectivity index (χ2n) is 5.75. The van der Waals surface area contributed by atoms with Gasteiger partial charge in [-0.05, 0) is 12.8 Å². The van der Waals surface area contributed by atoms with Crippen LogP contribution in [0.4, 0.5) is 22.7 Å². The molecule has 5 heteroatoms. The molecule has 3 rings (SSSR count). The van der Waals surface area contributed by atoms with Gasteiger partial charge in [-0.3, -0.25) is 0 Å². The summed E-state index contributed by atoms with van der Waals surface area (Å²) in [5.74, 6) is 0. The fourth-order valence-electron chi connectivity index (χ4n) is 2.75. The summed E-state index contributed by atoms with van der Waals surface area (Å²) in [6, 6.07) is 24.7. The monoisotopic (exact) mass is 432 g/mol. The van der Waals surface area contributed by atoms with Crippen molar-refractivity contribution in [1.29, 1.82) is 0 Å². The summed E-state index contributed by atoms with van der Waals surface area (Å²) in [7, 11) is 9.78. The minimum absolute atomic E-state index is 0.556. The number of nitrogens with zero attached hydrogens (tertiary/aromatic N) is 2. The first-order valence-electron chi connectivity index (χ1n) is 8.88. The van der Waals surface area contributed by atoms with Crippen molar-refractivity contribution in [3.8, 4) is 0 Å². The van der Waals surface area contributed by atoms with Crippen molar-refractivity contribution < 1.29 is 17.0 Å². The molecule has 27 heavy (non-hydrogen) atoms. The SMILES string of the molecule is CCc1ccccc1[N-]c1ccccc1[N-]c1ccccc1CC.[Cl][Ti][Cl]. The normalized spacial score (nSPS) is 9.78. The topological polar surface area (TPSA) is 28.2 Å². The first-order chi connectivity index (χ1) is 13.2. The van der Waals surface area contributed by atoms with Gasteiger partial charge in [-0.25, -0.2) is 0 Å². The molecule has 2 nitrogen and oxygen atoms in total. The molecule has 0 radical (unpaired) electrons. The van der Waals surface area contributed by atoms with Crippen molar-refractivity contribution in [3.05, 3.63) is 94.6 Å². The standard InChI is InChI=1S/C22H22N2.2ClH.Ti/c1-3-17-11-5-7-13-19(17)23-21-15-9-10-16-22(21)24-20-14-8-6-12-18(20)4-2;;;/h5-16H,3-4H2,1-2H3;2*1H;/q-2;;;+2/p-2. The average Bonchev–Trinajstić information content (AvgIpc) is 2.71. The van der Waals surface area contributed by atoms with Gasteiger partial charge in [0.25, 0.3) is 0 Å². The van der Waals surface area contributed by atoms with Crippen LogP contribution >= 0.6 is 18.6 Å². The van der Waals surface area contributed by atoms with Crippen LogP contribution in [0.5, 0.6) is 0 Å². The molecule has 0 N–H and O–H groups in total. The van der Waals surface area contributed by atoms with Gasteiger partial charge >= 0.3 is 35.6 Å². The number of para-hydroxylation sites is 4. The van der Waals surface area contributed by atoms with Crippen LogP contribution in [0.15, 0.2) is 72.8 Å². The van der Waals surface area contributed by atoms with Gasteiger partial charge in [-0.15, -0.1) is 11.4 Å². The van der Waals surface area contributed by atoms with Gasteiger partial charge in [0.1, 0.15) is 0 Å². The van der Waals surface area contributed by atoms with E-state index in [0.29, 0.717) is 0 Å². The van der Waals surface area contributed by atoms with Gasteiger partial charge in [0.15, 0.2) is 0 Å². The Bertz CT molecular complexity index is 771. The Morgan fingerprint density at radius 2 is 0.889 bits per heavy atom. The van der Waals surface area contributed by atoms with Gasteiger partial charge < -0.3 is 10.6 Å². The summed E-state index contributed by atoms with van der Waals surface area (Å²) in [5.41, 5.74) is 6.36. The maximum absolute atomic E-state index is 4.89. The van der Waals surface area contributed by atoms with Gasteiger partial charge in [-0.1, -0.05) is 97.8 Å². The van der Waals surface area contributed by atoms with E-state index in [9.17, 15) is 0 Å². The van der Waals surface area contributed by atoms with Gasteiger partial charge in [0.2, 0.25) is 0 Å². The van der Waals surface area contributed by atoms with Crippen molar-refractivity contribution in [2.45, 2.75) is 26.7 Å². The Morgan fingerprint density at radius 1 is 0.593 bits per heavy atom. The van der Waals surface area contributed by atoms with Crippen molar-refractivity contribution >= 4 is 41.4 Å². The Hall–Kier alpha value is -1.45. The molecule has 0 aliphatic carbocycles. The molecule has 0 heterocycles. The van der Waals surface area contributed by atoms with E-state index in [1.807, 2.05) is 36.4 Å². The summed E-state index contributed by atoms with van der Waals surface area (Å²) >= 11 is -0.556. The molecule has 0 aromatic heterocycles. The van der Waals surface area contributed by atoms with E-state index in [1.165, 1.54) is 11.1 Å². The van der Waals surface area contributed by atoms with Gasteiger partial charge in [-0.2, -0.15) is 11.4 Å². The summed E-state index contributed by atoms with van der Waals surface area (Å²) in [6.07, 6.45) is 1.94. The zero-order valence-electron chi connectivity index (χ0n) is 15.5. The molecule has 3 aromatic rings. The van der Waals surface area contributed by atoms with Crippen molar-refractivity contribution in [3.63, 3.8) is 0 Å². The zero-order valence-corrected chi connectivity index (χ0v) is 18.6. The first kappa shape index (κ1) is 21.8. The van der Waals surface area contributed by atoms with Gasteiger partial charge in [0.05, 0.1) is 0 Å².